The van der Waals surface area contributed by atoms with E-state index in [2.05, 4.69) is 399 Å². The van der Waals surface area contributed by atoms with Gasteiger partial charge in [-0.25, -0.2) is 0 Å². The molecule has 0 bridgehead atoms. The van der Waals surface area contributed by atoms with Gasteiger partial charge < -0.3 is 14.4 Å². The molecule has 0 radical (unpaired) electrons. The zero-order valence-electron chi connectivity index (χ0n) is 59.1. The minimum atomic E-state index is -0.174. The van der Waals surface area contributed by atoms with E-state index in [4.69, 9.17) is 11.6 Å². The lowest BCUT2D eigenvalue weighted by Gasteiger charge is -2.34. The van der Waals surface area contributed by atoms with Crippen LogP contribution in [0, 0.1) is 0 Å². The fourth-order valence-electron chi connectivity index (χ4n) is 14.5. The molecule has 0 aliphatic heterocycles. The predicted molar refractivity (Wildman–Crippen MR) is 438 cm³/mol. The second-order valence-electron chi connectivity index (χ2n) is 30.9. The Balaban J connectivity index is 1.04. The SMILES string of the molecule is CC(C)(C)c1ccc(N(c2cccc(-c3c(-c4cccc5c4sc4ccccc45)cccc3-n3c4ccc(C(C)(C)C)cc4c4cc(C(C)(C)C)ccc43)c2)c2cc(Cl)cc(N(c3cccc(Br)c3)c3c(-c4ccccc4)cc(C(C)(C)C)cc3-c3ccccc3)c2)c(-c2ccccc2)c1. The van der Waals surface area contributed by atoms with Gasteiger partial charge in [0.15, 0.2) is 0 Å². The minimum Gasteiger partial charge on any atom is -0.310 e. The van der Waals surface area contributed by atoms with Crippen molar-refractivity contribution in [2.45, 2.75) is 105 Å². The Labute approximate surface area is 607 Å². The van der Waals surface area contributed by atoms with E-state index in [1.165, 1.54) is 58.8 Å². The molecule has 6 heteroatoms. The molecule has 0 N–H and O–H groups in total. The van der Waals surface area contributed by atoms with Crippen molar-refractivity contribution >= 4 is 115 Å². The van der Waals surface area contributed by atoms with Crippen molar-refractivity contribution < 1.29 is 0 Å². The molecule has 0 unspecified atom stereocenters. The normalized spacial score (nSPS) is 12.3. The summed E-state index contributed by atoms with van der Waals surface area (Å²) in [7, 11) is 0. The summed E-state index contributed by atoms with van der Waals surface area (Å²) in [5.41, 5.74) is 25.0. The predicted octanol–water partition coefficient (Wildman–Crippen LogP) is 29.0. The van der Waals surface area contributed by atoms with Crippen LogP contribution >= 0.6 is 38.9 Å². The molecule has 0 amide bonds. The summed E-state index contributed by atoms with van der Waals surface area (Å²) in [4.78, 5) is 4.90. The highest BCUT2D eigenvalue weighted by molar-refractivity contribution is 9.10. The molecule has 2 aromatic heterocycles. The first-order valence-corrected chi connectivity index (χ1v) is 36.8. The third-order valence-corrected chi connectivity index (χ3v) is 21.8. The number of benzene rings is 13. The van der Waals surface area contributed by atoms with Crippen LogP contribution in [0.5, 0.6) is 0 Å². The van der Waals surface area contributed by atoms with Gasteiger partial charge in [0.05, 0.1) is 28.1 Å². The molecular formula is C94H83BrClN3S. The average Bonchev–Trinajstić information content (AvgIpc) is 1.61. The molecule has 0 spiro atoms. The van der Waals surface area contributed by atoms with Gasteiger partial charge in [-0.3, -0.25) is 0 Å². The van der Waals surface area contributed by atoms with Crippen LogP contribution in [-0.4, -0.2) is 4.57 Å². The summed E-state index contributed by atoms with van der Waals surface area (Å²) in [6, 6.07) is 106. The first kappa shape index (κ1) is 66.1. The lowest BCUT2D eigenvalue weighted by molar-refractivity contribution is 0.590. The number of halogens is 2. The molecule has 0 saturated carbocycles. The minimum absolute atomic E-state index is 0.0628. The lowest BCUT2D eigenvalue weighted by Crippen LogP contribution is -2.17. The van der Waals surface area contributed by atoms with Crippen LogP contribution in [0.4, 0.5) is 34.1 Å². The van der Waals surface area contributed by atoms with Gasteiger partial charge in [0, 0.05) is 91.0 Å². The molecule has 15 aromatic rings. The van der Waals surface area contributed by atoms with Crippen molar-refractivity contribution in [3.63, 3.8) is 0 Å². The molecule has 0 atom stereocenters. The second-order valence-corrected chi connectivity index (χ2v) is 33.3. The van der Waals surface area contributed by atoms with Crippen LogP contribution in [0.25, 0.3) is 103 Å². The van der Waals surface area contributed by atoms with Gasteiger partial charge in [0.2, 0.25) is 0 Å². The molecule has 3 nitrogen and oxygen atoms in total. The Morgan fingerprint density at radius 3 is 1.37 bits per heavy atom. The lowest BCUT2D eigenvalue weighted by atomic mass is 9.82. The van der Waals surface area contributed by atoms with Crippen LogP contribution in [-0.2, 0) is 21.7 Å². The van der Waals surface area contributed by atoms with Crippen LogP contribution < -0.4 is 9.80 Å². The molecule has 494 valence electrons. The zero-order valence-corrected chi connectivity index (χ0v) is 62.3. The van der Waals surface area contributed by atoms with Crippen molar-refractivity contribution in [1.82, 2.24) is 4.57 Å². The molecule has 0 fully saturated rings. The van der Waals surface area contributed by atoms with Gasteiger partial charge in [0.25, 0.3) is 0 Å². The smallest absolute Gasteiger partial charge is 0.0618 e. The Bertz CT molecular complexity index is 5490. The van der Waals surface area contributed by atoms with E-state index in [1.807, 2.05) is 11.3 Å². The number of nitrogens with zero attached hydrogens (tertiary/aromatic N) is 3. The highest BCUT2D eigenvalue weighted by Gasteiger charge is 2.31. The van der Waals surface area contributed by atoms with Gasteiger partial charge in [-0.05, 0) is 181 Å². The van der Waals surface area contributed by atoms with E-state index in [9.17, 15) is 0 Å². The van der Waals surface area contributed by atoms with E-state index in [1.54, 1.807) is 0 Å². The molecule has 15 rings (SSSR count). The third kappa shape index (κ3) is 12.5. The fraction of sp³-hybridized carbons (Fsp3) is 0.170. The maximum Gasteiger partial charge on any atom is 0.0618 e. The summed E-state index contributed by atoms with van der Waals surface area (Å²) < 4.78 is 6.05. The maximum atomic E-state index is 7.93. The van der Waals surface area contributed by atoms with Crippen LogP contribution in [0.15, 0.2) is 290 Å². The van der Waals surface area contributed by atoms with Crippen molar-refractivity contribution in [2.24, 2.45) is 0 Å². The van der Waals surface area contributed by atoms with Gasteiger partial charge >= 0.3 is 0 Å². The van der Waals surface area contributed by atoms with Gasteiger partial charge in [-0.2, -0.15) is 0 Å². The maximum absolute atomic E-state index is 7.93. The topological polar surface area (TPSA) is 11.4 Å². The Morgan fingerprint density at radius 1 is 0.330 bits per heavy atom. The summed E-state index contributed by atoms with van der Waals surface area (Å²) in [6.07, 6.45) is 0. The number of aromatic nitrogens is 1. The highest BCUT2D eigenvalue weighted by atomic mass is 79.9. The van der Waals surface area contributed by atoms with E-state index in [0.717, 1.165) is 105 Å². The number of anilines is 6. The van der Waals surface area contributed by atoms with Crippen molar-refractivity contribution in [1.29, 1.82) is 0 Å². The number of fused-ring (bicyclic) bond motifs is 6. The van der Waals surface area contributed by atoms with Gasteiger partial charge in [0.1, 0.15) is 0 Å². The molecule has 13 aromatic carbocycles. The van der Waals surface area contributed by atoms with Crippen molar-refractivity contribution in [3.8, 4) is 61.3 Å². The first-order valence-electron chi connectivity index (χ1n) is 34.8. The molecule has 2 heterocycles. The van der Waals surface area contributed by atoms with E-state index in [-0.39, 0.29) is 21.7 Å². The highest BCUT2D eigenvalue weighted by Crippen LogP contribution is 2.54. The second kappa shape index (κ2) is 25.8. The first-order chi connectivity index (χ1) is 47.9. The van der Waals surface area contributed by atoms with E-state index < -0.39 is 0 Å². The molecule has 0 saturated heterocycles. The Morgan fingerprint density at radius 2 is 0.790 bits per heavy atom. The number of hydrogen-bond donors (Lipinski definition) is 0. The quantitative estimate of drug-likeness (QED) is 0.121. The summed E-state index contributed by atoms with van der Waals surface area (Å²) >= 11 is 13.8. The fourth-order valence-corrected chi connectivity index (χ4v) is 16.4. The Kier molecular flexibility index (Phi) is 17.0. The largest absolute Gasteiger partial charge is 0.310 e. The van der Waals surface area contributed by atoms with Gasteiger partial charge in [-0.1, -0.05) is 287 Å². The molecular weight excluding hydrogens is 1320 g/mol. The monoisotopic (exact) mass is 1400 g/mol. The van der Waals surface area contributed by atoms with Crippen LogP contribution in [0.1, 0.15) is 105 Å². The number of thiophene rings is 1. The van der Waals surface area contributed by atoms with Crippen LogP contribution in [0.3, 0.4) is 0 Å². The number of rotatable bonds is 12. The summed E-state index contributed by atoms with van der Waals surface area (Å²) in [5.74, 6) is 0. The Hall–Kier alpha value is -9.75. The van der Waals surface area contributed by atoms with Crippen molar-refractivity contribution in [3.05, 3.63) is 317 Å². The number of hydrogen-bond acceptors (Lipinski definition) is 3. The zero-order chi connectivity index (χ0) is 69.6. The summed E-state index contributed by atoms with van der Waals surface area (Å²) in [6.45, 7) is 27.8. The molecule has 0 aliphatic rings. The standard InChI is InChI=1S/C94H83BrClN3S/c1-91(2,3)64-44-47-83(78(51-64)60-28-16-13-17-29-60)97(72-57-69(96)58-73(59-72)98(71-37-25-35-68(95)56-71)89-79(61-30-18-14-19-31-61)54-67(94(10,11)12)55-80(89)62-32-20-15-21-33-62)70-36-24-34-63(50-70)88-75(77-41-26-40-76-74-38-22-23-43-87(74)100-90(76)77)39-27-42-86(88)99-84-48-45-65(92(4,5)6)52-81(84)82-53-66(93(7,8)9)46-49-85(82)99/h13-59H,1-12H3. The third-order valence-electron chi connectivity index (χ3n) is 19.9. The summed E-state index contributed by atoms with van der Waals surface area (Å²) in [5, 5.41) is 5.61. The van der Waals surface area contributed by atoms with Crippen molar-refractivity contribution in [2.75, 3.05) is 9.80 Å². The average molecular weight is 1400 g/mol. The van der Waals surface area contributed by atoms with E-state index in [0.29, 0.717) is 5.02 Å². The van der Waals surface area contributed by atoms with E-state index >= 15 is 0 Å². The van der Waals surface area contributed by atoms with Crippen LogP contribution in [0.2, 0.25) is 5.02 Å². The molecule has 0 aliphatic carbocycles. The van der Waals surface area contributed by atoms with Gasteiger partial charge in [-0.15, -0.1) is 11.3 Å². The molecule has 100 heavy (non-hydrogen) atoms.